The molecule has 38 heavy (non-hydrogen) atoms. The maximum atomic E-state index is 13.6. The molecule has 0 saturated carbocycles. The Bertz CT molecular complexity index is 1370. The van der Waals surface area contributed by atoms with E-state index in [4.69, 9.17) is 4.74 Å². The molecule has 0 radical (unpaired) electrons. The van der Waals surface area contributed by atoms with E-state index < -0.39 is 11.7 Å². The van der Waals surface area contributed by atoms with Gasteiger partial charge in [-0.3, -0.25) is 9.59 Å². The van der Waals surface area contributed by atoms with Crippen LogP contribution in [0.2, 0.25) is 0 Å². The van der Waals surface area contributed by atoms with E-state index in [9.17, 15) is 22.8 Å². The molecule has 10 heteroatoms. The van der Waals surface area contributed by atoms with Crippen molar-refractivity contribution >= 4 is 29.3 Å². The van der Waals surface area contributed by atoms with Gasteiger partial charge in [-0.1, -0.05) is 23.9 Å². The van der Waals surface area contributed by atoms with E-state index in [-0.39, 0.29) is 11.8 Å². The van der Waals surface area contributed by atoms with Crippen molar-refractivity contribution < 1.29 is 27.5 Å². The number of amides is 2. The van der Waals surface area contributed by atoms with Crippen molar-refractivity contribution in [2.24, 2.45) is 0 Å². The molecule has 1 fully saturated rings. The molecule has 2 amide bonds. The Morgan fingerprint density at radius 1 is 0.895 bits per heavy atom. The number of rotatable bonds is 4. The van der Waals surface area contributed by atoms with Gasteiger partial charge in [0.25, 0.3) is 11.8 Å². The molecule has 0 aliphatic carbocycles. The van der Waals surface area contributed by atoms with Crippen molar-refractivity contribution in [3.05, 3.63) is 77.4 Å². The van der Waals surface area contributed by atoms with Crippen LogP contribution < -0.4 is 9.64 Å². The van der Waals surface area contributed by atoms with Crippen molar-refractivity contribution in [2.75, 3.05) is 44.7 Å². The van der Waals surface area contributed by atoms with E-state index in [1.165, 1.54) is 23.9 Å². The fraction of sp³-hybridized carbons (Fsp3) is 0.286. The molecule has 5 rings (SSSR count). The molecule has 2 aliphatic rings. The molecule has 3 aromatic carbocycles. The van der Waals surface area contributed by atoms with Crippen molar-refractivity contribution in [3.8, 4) is 11.5 Å². The third-order valence-electron chi connectivity index (χ3n) is 6.79. The van der Waals surface area contributed by atoms with Gasteiger partial charge >= 0.3 is 6.18 Å². The summed E-state index contributed by atoms with van der Waals surface area (Å²) >= 11 is 1.36. The summed E-state index contributed by atoms with van der Waals surface area (Å²) in [5.74, 6) is 0.868. The Hall–Kier alpha value is -3.66. The van der Waals surface area contributed by atoms with Crippen molar-refractivity contribution in [2.45, 2.75) is 22.9 Å². The molecular formula is C28H26F3N3O3S. The quantitative estimate of drug-likeness (QED) is 0.317. The predicted molar refractivity (Wildman–Crippen MR) is 139 cm³/mol. The Balaban J connectivity index is 1.33. The lowest BCUT2D eigenvalue weighted by Crippen LogP contribution is -2.48. The average molecular weight is 542 g/mol. The summed E-state index contributed by atoms with van der Waals surface area (Å²) in [4.78, 5) is 33.2. The van der Waals surface area contributed by atoms with E-state index in [1.807, 2.05) is 17.9 Å². The minimum atomic E-state index is -4.37. The monoisotopic (exact) mass is 541 g/mol. The summed E-state index contributed by atoms with van der Waals surface area (Å²) < 4.78 is 44.8. The Morgan fingerprint density at radius 2 is 1.47 bits per heavy atom. The number of carbonyl (C=O) groups excluding carboxylic acids is 2. The first-order valence-electron chi connectivity index (χ1n) is 12.3. The van der Waals surface area contributed by atoms with Crippen molar-refractivity contribution in [3.63, 3.8) is 0 Å². The molecule has 0 aromatic heterocycles. The number of nitrogens with zero attached hydrogens (tertiary/aromatic N) is 3. The van der Waals surface area contributed by atoms with Gasteiger partial charge in [-0.15, -0.1) is 0 Å². The van der Waals surface area contributed by atoms with Gasteiger partial charge in [-0.05, 0) is 55.5 Å². The van der Waals surface area contributed by atoms with E-state index in [2.05, 4.69) is 0 Å². The van der Waals surface area contributed by atoms with Crippen LogP contribution in [0, 0.1) is 0 Å². The molecule has 2 aliphatic heterocycles. The minimum Gasteiger partial charge on any atom is -0.455 e. The molecule has 0 spiro atoms. The first-order valence-corrected chi connectivity index (χ1v) is 13.1. The Morgan fingerprint density at radius 3 is 2.05 bits per heavy atom. The number of piperazine rings is 1. The van der Waals surface area contributed by atoms with Gasteiger partial charge in [-0.25, -0.2) is 0 Å². The SMILES string of the molecule is CCN(C)C(=O)c1cccc2c1Sc1c(cccc1C(=O)N1CCN(c3ccc(C(F)(F)F)cc3)CC1)O2. The Kier molecular flexibility index (Phi) is 7.00. The summed E-state index contributed by atoms with van der Waals surface area (Å²) in [5, 5.41) is 0. The van der Waals surface area contributed by atoms with Crippen LogP contribution in [0.4, 0.5) is 18.9 Å². The summed E-state index contributed by atoms with van der Waals surface area (Å²) in [6.45, 7) is 4.32. The third kappa shape index (κ3) is 4.92. The summed E-state index contributed by atoms with van der Waals surface area (Å²) in [7, 11) is 1.74. The van der Waals surface area contributed by atoms with Gasteiger partial charge < -0.3 is 19.4 Å². The highest BCUT2D eigenvalue weighted by Crippen LogP contribution is 2.50. The molecule has 6 nitrogen and oxygen atoms in total. The number of anilines is 1. The van der Waals surface area contributed by atoms with E-state index in [0.29, 0.717) is 70.8 Å². The Labute approximate surface area is 223 Å². The fourth-order valence-electron chi connectivity index (χ4n) is 4.51. The van der Waals surface area contributed by atoms with Gasteiger partial charge in [0, 0.05) is 45.5 Å². The number of fused-ring (bicyclic) bond motifs is 2. The molecule has 198 valence electrons. The number of hydrogen-bond donors (Lipinski definition) is 0. The van der Waals surface area contributed by atoms with Gasteiger partial charge in [0.05, 0.1) is 26.5 Å². The van der Waals surface area contributed by atoms with Crippen LogP contribution in [0.5, 0.6) is 11.5 Å². The van der Waals surface area contributed by atoms with Gasteiger partial charge in [0.1, 0.15) is 11.5 Å². The molecule has 2 heterocycles. The molecule has 0 atom stereocenters. The normalized spacial score (nSPS) is 14.9. The molecular weight excluding hydrogens is 515 g/mol. The lowest BCUT2D eigenvalue weighted by Gasteiger charge is -2.36. The van der Waals surface area contributed by atoms with E-state index in [0.717, 1.165) is 12.1 Å². The molecule has 3 aromatic rings. The number of alkyl halides is 3. The summed E-state index contributed by atoms with van der Waals surface area (Å²) in [5.41, 5.74) is 1.02. The van der Waals surface area contributed by atoms with Crippen LogP contribution in [-0.4, -0.2) is 61.4 Å². The van der Waals surface area contributed by atoms with Gasteiger partial charge in [0.15, 0.2) is 0 Å². The molecule has 0 N–H and O–H groups in total. The molecule has 0 unspecified atom stereocenters. The highest BCUT2D eigenvalue weighted by Gasteiger charge is 2.32. The smallest absolute Gasteiger partial charge is 0.416 e. The number of ether oxygens (including phenoxy) is 1. The minimum absolute atomic E-state index is 0.118. The first-order chi connectivity index (χ1) is 18.2. The lowest BCUT2D eigenvalue weighted by atomic mass is 10.1. The fourth-order valence-corrected chi connectivity index (χ4v) is 5.66. The maximum Gasteiger partial charge on any atom is 0.416 e. The molecule has 1 saturated heterocycles. The molecule has 0 bridgehead atoms. The zero-order valence-electron chi connectivity index (χ0n) is 20.9. The maximum absolute atomic E-state index is 13.6. The second-order valence-corrected chi connectivity index (χ2v) is 10.1. The van der Waals surface area contributed by atoms with Crippen LogP contribution in [0.3, 0.4) is 0 Å². The predicted octanol–water partition coefficient (Wildman–Crippen LogP) is 6.02. The summed E-state index contributed by atoms with van der Waals surface area (Å²) in [6, 6.07) is 15.8. The van der Waals surface area contributed by atoms with Crippen LogP contribution in [0.25, 0.3) is 0 Å². The number of hydrogen-bond acceptors (Lipinski definition) is 5. The highest BCUT2D eigenvalue weighted by atomic mass is 32.2. The lowest BCUT2D eigenvalue weighted by molar-refractivity contribution is -0.137. The average Bonchev–Trinajstić information content (AvgIpc) is 2.94. The highest BCUT2D eigenvalue weighted by molar-refractivity contribution is 7.99. The number of benzene rings is 3. The van der Waals surface area contributed by atoms with E-state index >= 15 is 0 Å². The van der Waals surface area contributed by atoms with Crippen molar-refractivity contribution in [1.82, 2.24) is 9.80 Å². The number of halogens is 3. The second-order valence-electron chi connectivity index (χ2n) is 9.11. The zero-order chi connectivity index (χ0) is 27.0. The van der Waals surface area contributed by atoms with Crippen LogP contribution in [0.15, 0.2) is 70.5 Å². The third-order valence-corrected chi connectivity index (χ3v) is 8.04. The summed E-state index contributed by atoms with van der Waals surface area (Å²) in [6.07, 6.45) is -4.37. The largest absolute Gasteiger partial charge is 0.455 e. The van der Waals surface area contributed by atoms with Crippen LogP contribution in [0.1, 0.15) is 33.2 Å². The topological polar surface area (TPSA) is 53.1 Å². The number of carbonyl (C=O) groups is 2. The van der Waals surface area contributed by atoms with Crippen LogP contribution >= 0.6 is 11.8 Å². The van der Waals surface area contributed by atoms with Gasteiger partial charge in [0.2, 0.25) is 0 Å². The zero-order valence-corrected chi connectivity index (χ0v) is 21.7. The van der Waals surface area contributed by atoms with Gasteiger partial charge in [-0.2, -0.15) is 13.2 Å². The van der Waals surface area contributed by atoms with Crippen molar-refractivity contribution in [1.29, 1.82) is 0 Å². The standard InChI is InChI=1S/C28H26F3N3O3S/c1-3-32(2)26(35)20-6-4-8-22-24(20)38-25-21(7-5-9-23(25)37-22)27(36)34-16-14-33(15-17-34)19-12-10-18(11-13-19)28(29,30)31/h4-13H,3,14-17H2,1-2H3. The van der Waals surface area contributed by atoms with Crippen LogP contribution in [-0.2, 0) is 6.18 Å². The first kappa shape index (κ1) is 26.0. The van der Waals surface area contributed by atoms with E-state index in [1.54, 1.807) is 47.2 Å². The second kappa shape index (κ2) is 10.2.